The van der Waals surface area contributed by atoms with Crippen LogP contribution in [0.4, 0.5) is 0 Å². The molecule has 1 saturated heterocycles. The van der Waals surface area contributed by atoms with E-state index in [1.54, 1.807) is 0 Å². The number of ether oxygens (including phenoxy) is 2. The SMILES string of the molecule is CC(C)C(CCC(C)C1CC(O)C2C1(C)CCC1C2(O)CC(O)C2(O)CC(O)CCC12C)OC1OC(CO)C(O)C1O. The van der Waals surface area contributed by atoms with E-state index in [2.05, 4.69) is 13.8 Å². The Morgan fingerprint density at radius 3 is 2.21 bits per heavy atom. The summed E-state index contributed by atoms with van der Waals surface area (Å²) < 4.78 is 11.7. The molecule has 5 aliphatic rings. The number of rotatable bonds is 8. The fraction of sp³-hybridized carbons (Fsp3) is 1.00. The van der Waals surface area contributed by atoms with Crippen molar-refractivity contribution < 1.29 is 50.3 Å². The lowest BCUT2D eigenvalue weighted by molar-refractivity contribution is -0.315. The first-order valence-corrected chi connectivity index (χ1v) is 16.3. The van der Waals surface area contributed by atoms with E-state index in [-0.39, 0.29) is 48.0 Å². The average Bonchev–Trinajstić information content (AvgIpc) is 3.35. The summed E-state index contributed by atoms with van der Waals surface area (Å²) in [4.78, 5) is 0. The summed E-state index contributed by atoms with van der Waals surface area (Å²) >= 11 is 0. The van der Waals surface area contributed by atoms with Gasteiger partial charge >= 0.3 is 0 Å². The second kappa shape index (κ2) is 11.4. The van der Waals surface area contributed by atoms with Gasteiger partial charge in [0.2, 0.25) is 0 Å². The summed E-state index contributed by atoms with van der Waals surface area (Å²) in [5.41, 5.74) is -3.92. The van der Waals surface area contributed by atoms with Gasteiger partial charge in [0, 0.05) is 24.2 Å². The summed E-state index contributed by atoms with van der Waals surface area (Å²) in [5.74, 6) is -0.291. The zero-order chi connectivity index (χ0) is 31.0. The maximum atomic E-state index is 12.5. The van der Waals surface area contributed by atoms with Crippen molar-refractivity contribution >= 4 is 0 Å². The van der Waals surface area contributed by atoms with Gasteiger partial charge in [-0.25, -0.2) is 0 Å². The molecule has 0 aromatic rings. The predicted molar refractivity (Wildman–Crippen MR) is 153 cm³/mol. The predicted octanol–water partition coefficient (Wildman–Crippen LogP) is 1.07. The highest BCUT2D eigenvalue weighted by atomic mass is 16.7. The minimum atomic E-state index is -1.47. The Labute approximate surface area is 250 Å². The number of aliphatic hydroxyl groups excluding tert-OH is 6. The van der Waals surface area contributed by atoms with Gasteiger partial charge in [0.05, 0.1) is 42.2 Å². The fourth-order valence-corrected chi connectivity index (χ4v) is 10.7. The van der Waals surface area contributed by atoms with Crippen LogP contribution in [-0.4, -0.2) is 108 Å². The van der Waals surface area contributed by atoms with Crippen molar-refractivity contribution in [1.29, 1.82) is 0 Å². The van der Waals surface area contributed by atoms with Crippen molar-refractivity contribution in [3.8, 4) is 0 Å². The zero-order valence-electron chi connectivity index (χ0n) is 26.0. The van der Waals surface area contributed by atoms with Crippen LogP contribution in [0.1, 0.15) is 92.4 Å². The Morgan fingerprint density at radius 1 is 0.905 bits per heavy atom. The first-order valence-electron chi connectivity index (χ1n) is 16.3. The molecule has 0 aromatic carbocycles. The molecule has 0 aromatic heterocycles. The Bertz CT molecular complexity index is 966. The average molecular weight is 601 g/mol. The molecule has 244 valence electrons. The second-order valence-electron chi connectivity index (χ2n) is 15.6. The van der Waals surface area contributed by atoms with E-state index in [1.807, 2.05) is 20.8 Å². The lowest BCUT2D eigenvalue weighted by atomic mass is 9.40. The first-order chi connectivity index (χ1) is 19.5. The van der Waals surface area contributed by atoms with Crippen LogP contribution in [0.3, 0.4) is 0 Å². The summed E-state index contributed by atoms with van der Waals surface area (Å²) in [5, 5.41) is 87.4. The molecule has 0 amide bonds. The minimum Gasteiger partial charge on any atom is -0.394 e. The van der Waals surface area contributed by atoms with Crippen LogP contribution in [0.2, 0.25) is 0 Å². The molecule has 10 nitrogen and oxygen atoms in total. The second-order valence-corrected chi connectivity index (χ2v) is 15.6. The van der Waals surface area contributed by atoms with Crippen molar-refractivity contribution in [1.82, 2.24) is 0 Å². The Morgan fingerprint density at radius 2 is 1.60 bits per heavy atom. The monoisotopic (exact) mass is 600 g/mol. The highest BCUT2D eigenvalue weighted by molar-refractivity contribution is 5.24. The topological polar surface area (TPSA) is 180 Å². The molecule has 16 atom stereocenters. The molecule has 0 radical (unpaired) electrons. The summed E-state index contributed by atoms with van der Waals surface area (Å²) in [7, 11) is 0. The maximum absolute atomic E-state index is 12.5. The highest BCUT2D eigenvalue weighted by Crippen LogP contribution is 2.70. The Balaban J connectivity index is 1.31. The van der Waals surface area contributed by atoms with E-state index >= 15 is 0 Å². The van der Waals surface area contributed by atoms with Crippen molar-refractivity contribution in [2.45, 2.75) is 153 Å². The molecular weight excluding hydrogens is 544 g/mol. The van der Waals surface area contributed by atoms with Crippen molar-refractivity contribution in [3.05, 3.63) is 0 Å². The zero-order valence-corrected chi connectivity index (χ0v) is 26.0. The number of aliphatic hydroxyl groups is 8. The fourth-order valence-electron chi connectivity index (χ4n) is 10.7. The molecule has 4 aliphatic carbocycles. The van der Waals surface area contributed by atoms with Crippen LogP contribution < -0.4 is 0 Å². The van der Waals surface area contributed by atoms with Crippen LogP contribution >= 0.6 is 0 Å². The van der Waals surface area contributed by atoms with Gasteiger partial charge in [-0.05, 0) is 74.0 Å². The Kier molecular flexibility index (Phi) is 8.98. The van der Waals surface area contributed by atoms with Gasteiger partial charge in [0.15, 0.2) is 6.29 Å². The van der Waals surface area contributed by atoms with Crippen LogP contribution in [-0.2, 0) is 9.47 Å². The van der Waals surface area contributed by atoms with Crippen molar-refractivity contribution in [2.75, 3.05) is 6.61 Å². The molecule has 8 N–H and O–H groups in total. The smallest absolute Gasteiger partial charge is 0.186 e. The molecule has 10 heteroatoms. The lowest BCUT2D eigenvalue weighted by Crippen LogP contribution is -2.75. The molecule has 1 aliphatic heterocycles. The maximum Gasteiger partial charge on any atom is 0.186 e. The summed E-state index contributed by atoms with van der Waals surface area (Å²) in [6.45, 7) is 9.98. The van der Waals surface area contributed by atoms with Crippen molar-refractivity contribution in [2.24, 2.45) is 40.4 Å². The molecular formula is C32H56O10. The van der Waals surface area contributed by atoms with E-state index in [0.29, 0.717) is 32.1 Å². The third-order valence-corrected chi connectivity index (χ3v) is 13.1. The van der Waals surface area contributed by atoms with Crippen LogP contribution in [0.5, 0.6) is 0 Å². The van der Waals surface area contributed by atoms with Gasteiger partial charge in [0.25, 0.3) is 0 Å². The largest absolute Gasteiger partial charge is 0.394 e. The van der Waals surface area contributed by atoms with Gasteiger partial charge in [-0.2, -0.15) is 0 Å². The summed E-state index contributed by atoms with van der Waals surface area (Å²) in [6, 6.07) is 0. The first kappa shape index (κ1) is 33.0. The van der Waals surface area contributed by atoms with E-state index in [4.69, 9.17) is 9.47 Å². The normalized spacial score (nSPS) is 53.9. The molecule has 16 unspecified atom stereocenters. The molecule has 0 bridgehead atoms. The lowest BCUT2D eigenvalue weighted by Gasteiger charge is -2.68. The van der Waals surface area contributed by atoms with Gasteiger partial charge in [-0.1, -0.05) is 34.6 Å². The number of fused-ring (bicyclic) bond motifs is 5. The van der Waals surface area contributed by atoms with E-state index in [9.17, 15) is 40.9 Å². The van der Waals surface area contributed by atoms with E-state index < -0.39 is 72.1 Å². The molecule has 1 heterocycles. The van der Waals surface area contributed by atoms with Gasteiger partial charge in [-0.15, -0.1) is 0 Å². The molecule has 42 heavy (non-hydrogen) atoms. The quantitative estimate of drug-likeness (QED) is 0.201. The third kappa shape index (κ3) is 4.91. The van der Waals surface area contributed by atoms with Gasteiger partial charge < -0.3 is 50.3 Å². The summed E-state index contributed by atoms with van der Waals surface area (Å²) in [6.07, 6.45) is -2.57. The van der Waals surface area contributed by atoms with E-state index in [1.165, 1.54) is 0 Å². The van der Waals surface area contributed by atoms with Crippen LogP contribution in [0, 0.1) is 40.4 Å². The van der Waals surface area contributed by atoms with E-state index in [0.717, 1.165) is 12.8 Å². The van der Waals surface area contributed by atoms with Crippen LogP contribution in [0.25, 0.3) is 0 Å². The van der Waals surface area contributed by atoms with Crippen LogP contribution in [0.15, 0.2) is 0 Å². The Hall–Kier alpha value is -0.400. The molecule has 5 rings (SSSR count). The standard InChI is InChI=1S/C32H56O10/c1-16(2)21(41-28-26(38)25(37)22(15-33)42-28)7-6-17(3)19-12-20(35)27-29(19,4)10-9-23-30(5)11-8-18(34)13-32(30,40)24(36)14-31(23,27)39/h16-28,33-40H,6-15H2,1-5H3. The third-order valence-electron chi connectivity index (χ3n) is 13.1. The number of hydrogen-bond acceptors (Lipinski definition) is 10. The number of hydrogen-bond donors (Lipinski definition) is 8. The highest BCUT2D eigenvalue weighted by Gasteiger charge is 2.74. The van der Waals surface area contributed by atoms with Crippen molar-refractivity contribution in [3.63, 3.8) is 0 Å². The van der Waals surface area contributed by atoms with Gasteiger partial charge in [0.1, 0.15) is 18.3 Å². The van der Waals surface area contributed by atoms with Gasteiger partial charge in [-0.3, -0.25) is 0 Å². The molecule has 0 spiro atoms. The molecule has 4 saturated carbocycles. The minimum absolute atomic E-state index is 0.0114. The molecule has 5 fully saturated rings.